The first-order chi connectivity index (χ1) is 13.6. The molecule has 0 bridgehead atoms. The van der Waals surface area contributed by atoms with E-state index in [9.17, 15) is 4.79 Å². The van der Waals surface area contributed by atoms with E-state index in [0.717, 1.165) is 29.9 Å². The molecule has 0 aliphatic carbocycles. The molecule has 1 unspecified atom stereocenters. The van der Waals surface area contributed by atoms with Crippen molar-refractivity contribution in [2.75, 3.05) is 17.7 Å². The van der Waals surface area contributed by atoms with Crippen molar-refractivity contribution in [2.24, 2.45) is 10.7 Å². The molecule has 1 aromatic carbocycles. The smallest absolute Gasteiger partial charge is 0.274 e. The predicted molar refractivity (Wildman–Crippen MR) is 115 cm³/mol. The average Bonchev–Trinajstić information content (AvgIpc) is 2.71. The summed E-state index contributed by atoms with van der Waals surface area (Å²) in [4.78, 5) is 21.2. The fraction of sp³-hybridized carbons (Fsp3) is 0.350. The number of benzene rings is 1. The zero-order valence-electron chi connectivity index (χ0n) is 15.9. The van der Waals surface area contributed by atoms with E-state index in [1.165, 1.54) is 6.20 Å². The molecule has 1 spiro atoms. The van der Waals surface area contributed by atoms with Crippen LogP contribution < -0.4 is 15.8 Å². The molecule has 0 saturated heterocycles. The van der Waals surface area contributed by atoms with Crippen molar-refractivity contribution in [3.8, 4) is 5.75 Å². The molecule has 2 aromatic rings. The number of nitrogens with two attached hydrogens (primary N) is 1. The molecule has 2 aliphatic heterocycles. The Balaban J connectivity index is 0.00000109. The highest BCUT2D eigenvalue weighted by Gasteiger charge is 2.39. The Morgan fingerprint density at radius 3 is 2.82 bits per heavy atom. The molecule has 3 heterocycles. The van der Waals surface area contributed by atoms with Gasteiger partial charge in [0.2, 0.25) is 0 Å². The third-order valence-corrected chi connectivity index (χ3v) is 5.58. The monoisotopic (exact) mass is 418 g/mol. The molecule has 8 heteroatoms. The lowest BCUT2D eigenvalue weighted by atomic mass is 9.82. The molecule has 3 N–H and O–H groups in total. The first-order valence-electron chi connectivity index (χ1n) is 9.24. The third kappa shape index (κ3) is 4.25. The summed E-state index contributed by atoms with van der Waals surface area (Å²) < 4.78 is 5.79. The first kappa shape index (κ1) is 20.5. The Labute approximate surface area is 173 Å². The van der Waals surface area contributed by atoms with Gasteiger partial charge in [-0.05, 0) is 36.8 Å². The average molecular weight is 419 g/mol. The highest BCUT2D eigenvalue weighted by Crippen LogP contribution is 2.46. The number of pyridine rings is 1. The number of nitrogens with one attached hydrogen (secondary N) is 1. The van der Waals surface area contributed by atoms with Crippen molar-refractivity contribution in [1.82, 2.24) is 4.98 Å². The Bertz CT molecular complexity index is 888. The molecule has 0 saturated carbocycles. The number of aliphatic imine (C=N–C) groups is 1. The number of aromatic nitrogens is 1. The van der Waals surface area contributed by atoms with Crippen molar-refractivity contribution < 1.29 is 9.53 Å². The van der Waals surface area contributed by atoms with Gasteiger partial charge in [-0.1, -0.05) is 37.2 Å². The third-order valence-electron chi connectivity index (χ3n) is 4.56. The summed E-state index contributed by atoms with van der Waals surface area (Å²) >= 11 is 7.39. The zero-order valence-corrected chi connectivity index (χ0v) is 17.4. The second-order valence-corrected chi connectivity index (χ2v) is 7.76. The number of anilines is 1. The minimum atomic E-state index is -0.373. The number of halogens is 1. The van der Waals surface area contributed by atoms with Gasteiger partial charge in [0, 0.05) is 29.6 Å². The van der Waals surface area contributed by atoms with E-state index in [1.54, 1.807) is 23.9 Å². The molecule has 2 aliphatic rings. The first-order valence-corrected chi connectivity index (χ1v) is 10.6. The summed E-state index contributed by atoms with van der Waals surface area (Å²) in [5.41, 5.74) is 7.55. The van der Waals surface area contributed by atoms with Crippen molar-refractivity contribution >= 4 is 40.1 Å². The van der Waals surface area contributed by atoms with E-state index in [1.807, 2.05) is 32.0 Å². The van der Waals surface area contributed by atoms with Gasteiger partial charge in [0.15, 0.2) is 5.17 Å². The van der Waals surface area contributed by atoms with Gasteiger partial charge >= 0.3 is 0 Å². The van der Waals surface area contributed by atoms with Crippen LogP contribution in [0.25, 0.3) is 0 Å². The SMILES string of the molecule is CC.NC1=NC2(CCOc3ccc(NC(=O)c4ccc(Cl)cn4)cc32)CCS1. The van der Waals surface area contributed by atoms with Crippen molar-refractivity contribution in [3.05, 3.63) is 52.8 Å². The molecular weight excluding hydrogens is 396 g/mol. The summed E-state index contributed by atoms with van der Waals surface area (Å²) in [6.07, 6.45) is 3.12. The summed E-state index contributed by atoms with van der Waals surface area (Å²) in [5.74, 6) is 1.41. The number of hydrogen-bond acceptors (Lipinski definition) is 6. The molecule has 148 valence electrons. The number of rotatable bonds is 2. The fourth-order valence-corrected chi connectivity index (χ4v) is 4.27. The number of carbonyl (C=O) groups excluding carboxylic acids is 1. The van der Waals surface area contributed by atoms with Gasteiger partial charge in [-0.3, -0.25) is 9.79 Å². The highest BCUT2D eigenvalue weighted by molar-refractivity contribution is 8.13. The lowest BCUT2D eigenvalue weighted by molar-refractivity contribution is 0.102. The molecule has 0 radical (unpaired) electrons. The summed E-state index contributed by atoms with van der Waals surface area (Å²) in [6.45, 7) is 4.61. The van der Waals surface area contributed by atoms with Crippen LogP contribution in [0.2, 0.25) is 5.02 Å². The van der Waals surface area contributed by atoms with Crippen molar-refractivity contribution in [2.45, 2.75) is 32.2 Å². The van der Waals surface area contributed by atoms with Gasteiger partial charge in [0.05, 0.1) is 17.2 Å². The van der Waals surface area contributed by atoms with Gasteiger partial charge < -0.3 is 15.8 Å². The topological polar surface area (TPSA) is 89.6 Å². The standard InChI is InChI=1S/C18H17ClN4O2S.C2H6/c19-11-1-3-14(21-10-11)16(24)22-12-2-4-15-13(9-12)18(5-7-25-15)6-8-26-17(20)23-18;1-2/h1-4,9-10H,5-8H2,(H2,20,23)(H,22,24);1-2H3. The van der Waals surface area contributed by atoms with Gasteiger partial charge in [-0.25, -0.2) is 4.98 Å². The maximum absolute atomic E-state index is 12.4. The Morgan fingerprint density at radius 1 is 1.29 bits per heavy atom. The second kappa shape index (κ2) is 8.84. The fourth-order valence-electron chi connectivity index (χ4n) is 3.27. The molecule has 4 rings (SSSR count). The minimum Gasteiger partial charge on any atom is -0.493 e. The molecule has 28 heavy (non-hydrogen) atoms. The van der Waals surface area contributed by atoms with Gasteiger partial charge in [-0.2, -0.15) is 0 Å². The molecule has 1 atom stereocenters. The highest BCUT2D eigenvalue weighted by atomic mass is 35.5. The van der Waals surface area contributed by atoms with Crippen molar-refractivity contribution in [3.63, 3.8) is 0 Å². The van der Waals surface area contributed by atoms with E-state index in [2.05, 4.69) is 10.3 Å². The van der Waals surface area contributed by atoms with Crippen molar-refractivity contribution in [1.29, 1.82) is 0 Å². The van der Waals surface area contributed by atoms with Gasteiger partial charge in [0.25, 0.3) is 5.91 Å². The number of amides is 1. The van der Waals surface area contributed by atoms with Crippen LogP contribution in [-0.2, 0) is 5.54 Å². The predicted octanol–water partition coefficient (Wildman–Crippen LogP) is 4.44. The number of nitrogens with zero attached hydrogens (tertiary/aromatic N) is 2. The van der Waals surface area contributed by atoms with Crippen LogP contribution in [0.4, 0.5) is 5.69 Å². The van der Waals surface area contributed by atoms with Crippen LogP contribution in [0.15, 0.2) is 41.5 Å². The van der Waals surface area contributed by atoms with Crippen LogP contribution in [-0.4, -0.2) is 28.4 Å². The summed E-state index contributed by atoms with van der Waals surface area (Å²) in [5, 5.41) is 3.96. The Hall–Kier alpha value is -2.25. The van der Waals surface area contributed by atoms with Gasteiger partial charge in [0.1, 0.15) is 11.4 Å². The number of fused-ring (bicyclic) bond motifs is 2. The van der Waals surface area contributed by atoms with Crippen LogP contribution in [0.1, 0.15) is 42.7 Å². The van der Waals surface area contributed by atoms with E-state index in [0.29, 0.717) is 28.2 Å². The largest absolute Gasteiger partial charge is 0.493 e. The Morgan fingerprint density at radius 2 is 2.11 bits per heavy atom. The lowest BCUT2D eigenvalue weighted by Gasteiger charge is -2.38. The van der Waals surface area contributed by atoms with E-state index in [-0.39, 0.29) is 11.4 Å². The van der Waals surface area contributed by atoms with Crippen LogP contribution in [0.5, 0.6) is 5.75 Å². The summed E-state index contributed by atoms with van der Waals surface area (Å²) in [6, 6.07) is 8.83. The quantitative estimate of drug-likeness (QED) is 0.752. The maximum Gasteiger partial charge on any atom is 0.274 e. The molecule has 0 fully saturated rings. The lowest BCUT2D eigenvalue weighted by Crippen LogP contribution is -2.36. The summed E-state index contributed by atoms with van der Waals surface area (Å²) in [7, 11) is 0. The van der Waals surface area contributed by atoms with E-state index >= 15 is 0 Å². The van der Waals surface area contributed by atoms with E-state index in [4.69, 9.17) is 27.1 Å². The minimum absolute atomic E-state index is 0.297. The molecule has 6 nitrogen and oxygen atoms in total. The molecule has 1 amide bonds. The van der Waals surface area contributed by atoms with Gasteiger partial charge in [-0.15, -0.1) is 0 Å². The van der Waals surface area contributed by atoms with Crippen LogP contribution in [0, 0.1) is 0 Å². The number of thioether (sulfide) groups is 1. The Kier molecular flexibility index (Phi) is 6.46. The molecular formula is C20H23ClN4O2S. The molecule has 1 aromatic heterocycles. The maximum atomic E-state index is 12.4. The second-order valence-electron chi connectivity index (χ2n) is 6.21. The number of ether oxygens (including phenoxy) is 1. The number of hydrogen-bond donors (Lipinski definition) is 2. The van der Waals surface area contributed by atoms with Crippen LogP contribution in [0.3, 0.4) is 0 Å². The normalized spacial score (nSPS) is 20.2. The van der Waals surface area contributed by atoms with E-state index < -0.39 is 0 Å². The zero-order chi connectivity index (χ0) is 20.1. The number of amidine groups is 1. The number of carbonyl (C=O) groups is 1. The van der Waals surface area contributed by atoms with Crippen LogP contribution >= 0.6 is 23.4 Å².